The van der Waals surface area contributed by atoms with Crippen LogP contribution >= 0.6 is 0 Å². The maximum Gasteiger partial charge on any atom is 0.326 e. The highest BCUT2D eigenvalue weighted by atomic mass is 16.4. The molecule has 6 heteroatoms. The minimum absolute atomic E-state index is 0.203. The number of benzene rings is 1. The van der Waals surface area contributed by atoms with Crippen molar-refractivity contribution in [2.75, 3.05) is 0 Å². The van der Waals surface area contributed by atoms with Crippen LogP contribution in [-0.4, -0.2) is 23.0 Å². The van der Waals surface area contributed by atoms with Gasteiger partial charge in [0, 0.05) is 6.07 Å². The van der Waals surface area contributed by atoms with Crippen molar-refractivity contribution in [2.45, 2.75) is 19.9 Å². The van der Waals surface area contributed by atoms with Crippen molar-refractivity contribution in [2.24, 2.45) is 5.92 Å². The van der Waals surface area contributed by atoms with Gasteiger partial charge in [0.2, 0.25) is 0 Å². The fourth-order valence-corrected chi connectivity index (χ4v) is 1.94. The quantitative estimate of drug-likeness (QED) is 0.891. The molecule has 0 fully saturated rings. The van der Waals surface area contributed by atoms with Gasteiger partial charge in [0.05, 0.1) is 5.39 Å². The fraction of sp³-hybridized carbons (Fsp3) is 0.267. The van der Waals surface area contributed by atoms with E-state index in [-0.39, 0.29) is 22.7 Å². The van der Waals surface area contributed by atoms with Gasteiger partial charge in [-0.25, -0.2) is 4.79 Å². The number of fused-ring (bicyclic) bond motifs is 1. The minimum Gasteiger partial charge on any atom is -0.480 e. The Hall–Kier alpha value is -2.63. The predicted octanol–water partition coefficient (Wildman–Crippen LogP) is 1.63. The van der Waals surface area contributed by atoms with E-state index in [0.29, 0.717) is 5.39 Å². The molecule has 1 amide bonds. The van der Waals surface area contributed by atoms with E-state index in [1.807, 2.05) is 0 Å². The highest BCUT2D eigenvalue weighted by Gasteiger charge is 2.25. The standard InChI is InChI=1S/C15H15NO5/c1-8(2)13(15(19)20)16-14(18)12-7-10(17)9-5-3-4-6-11(9)21-12/h3-8,13H,1-2H3,(H,16,18)(H,19,20)/t13-/m1/s1. The summed E-state index contributed by atoms with van der Waals surface area (Å²) >= 11 is 0. The van der Waals surface area contributed by atoms with Crippen LogP contribution in [0.15, 0.2) is 39.5 Å². The third-order valence-electron chi connectivity index (χ3n) is 3.08. The molecule has 0 unspecified atom stereocenters. The fourth-order valence-electron chi connectivity index (χ4n) is 1.94. The maximum atomic E-state index is 12.1. The van der Waals surface area contributed by atoms with Gasteiger partial charge < -0.3 is 14.8 Å². The SMILES string of the molecule is CC(C)[C@@H](NC(=O)c1cc(=O)c2ccccc2o1)C(=O)O. The molecule has 6 nitrogen and oxygen atoms in total. The number of carboxylic acid groups (broad SMARTS) is 1. The van der Waals surface area contributed by atoms with Gasteiger partial charge in [0.1, 0.15) is 11.6 Å². The number of amides is 1. The summed E-state index contributed by atoms with van der Waals surface area (Å²) in [4.78, 5) is 35.0. The van der Waals surface area contributed by atoms with Gasteiger partial charge in [-0.2, -0.15) is 0 Å². The van der Waals surface area contributed by atoms with Gasteiger partial charge in [0.15, 0.2) is 11.2 Å². The third-order valence-corrected chi connectivity index (χ3v) is 3.08. The molecular formula is C15H15NO5. The first-order chi connectivity index (χ1) is 9.90. The number of carboxylic acids is 1. The first-order valence-electron chi connectivity index (χ1n) is 6.46. The largest absolute Gasteiger partial charge is 0.480 e. The lowest BCUT2D eigenvalue weighted by molar-refractivity contribution is -0.140. The summed E-state index contributed by atoms with van der Waals surface area (Å²) in [6.07, 6.45) is 0. The van der Waals surface area contributed by atoms with Crippen LogP contribution in [0.5, 0.6) is 0 Å². The molecule has 21 heavy (non-hydrogen) atoms. The first-order valence-corrected chi connectivity index (χ1v) is 6.46. The Kier molecular flexibility index (Phi) is 4.07. The van der Waals surface area contributed by atoms with Crippen molar-refractivity contribution in [3.05, 3.63) is 46.3 Å². The van der Waals surface area contributed by atoms with Crippen LogP contribution in [0.3, 0.4) is 0 Å². The molecule has 2 N–H and O–H groups in total. The molecule has 0 aliphatic heterocycles. The Morgan fingerprint density at radius 3 is 2.52 bits per heavy atom. The second-order valence-electron chi connectivity index (χ2n) is 5.00. The molecule has 110 valence electrons. The van der Waals surface area contributed by atoms with Crippen molar-refractivity contribution >= 4 is 22.8 Å². The molecule has 2 aromatic rings. The van der Waals surface area contributed by atoms with E-state index in [4.69, 9.17) is 9.52 Å². The molecule has 0 aliphatic rings. The van der Waals surface area contributed by atoms with Gasteiger partial charge in [0.25, 0.3) is 5.91 Å². The van der Waals surface area contributed by atoms with Crippen molar-refractivity contribution in [3.8, 4) is 0 Å². The molecule has 0 radical (unpaired) electrons. The van der Waals surface area contributed by atoms with Crippen LogP contribution in [0.25, 0.3) is 11.0 Å². The van der Waals surface area contributed by atoms with E-state index in [1.165, 1.54) is 0 Å². The zero-order valence-corrected chi connectivity index (χ0v) is 11.6. The highest BCUT2D eigenvalue weighted by molar-refractivity contribution is 5.95. The third kappa shape index (κ3) is 3.10. The monoisotopic (exact) mass is 289 g/mol. The van der Waals surface area contributed by atoms with Crippen molar-refractivity contribution in [3.63, 3.8) is 0 Å². The van der Waals surface area contributed by atoms with Crippen LogP contribution < -0.4 is 10.7 Å². The Bertz CT molecular complexity index is 747. The molecule has 1 heterocycles. The van der Waals surface area contributed by atoms with E-state index in [1.54, 1.807) is 38.1 Å². The van der Waals surface area contributed by atoms with E-state index in [0.717, 1.165) is 6.07 Å². The lowest BCUT2D eigenvalue weighted by atomic mass is 10.0. The lowest BCUT2D eigenvalue weighted by Crippen LogP contribution is -2.44. The number of aliphatic carboxylic acids is 1. The Labute approximate surface area is 120 Å². The molecule has 2 rings (SSSR count). The molecule has 0 spiro atoms. The van der Waals surface area contributed by atoms with Gasteiger partial charge in [-0.15, -0.1) is 0 Å². The van der Waals surface area contributed by atoms with Crippen LogP contribution in [0.1, 0.15) is 24.4 Å². The van der Waals surface area contributed by atoms with E-state index >= 15 is 0 Å². The van der Waals surface area contributed by atoms with Gasteiger partial charge >= 0.3 is 5.97 Å². The van der Waals surface area contributed by atoms with Crippen molar-refractivity contribution in [1.29, 1.82) is 0 Å². The molecular weight excluding hydrogens is 274 g/mol. The number of rotatable bonds is 4. The highest BCUT2D eigenvalue weighted by Crippen LogP contribution is 2.12. The summed E-state index contributed by atoms with van der Waals surface area (Å²) in [7, 11) is 0. The Balaban J connectivity index is 2.36. The smallest absolute Gasteiger partial charge is 0.326 e. The van der Waals surface area contributed by atoms with E-state index in [9.17, 15) is 14.4 Å². The minimum atomic E-state index is -1.14. The van der Waals surface area contributed by atoms with Crippen molar-refractivity contribution < 1.29 is 19.1 Å². The van der Waals surface area contributed by atoms with E-state index in [2.05, 4.69) is 5.32 Å². The number of nitrogens with one attached hydrogen (secondary N) is 1. The summed E-state index contributed by atoms with van der Waals surface area (Å²) in [6.45, 7) is 3.35. The normalized spacial score (nSPS) is 12.3. The molecule has 1 aromatic heterocycles. The zero-order chi connectivity index (χ0) is 15.6. The van der Waals surface area contributed by atoms with Crippen LogP contribution in [0.4, 0.5) is 0 Å². The van der Waals surface area contributed by atoms with Crippen LogP contribution in [0, 0.1) is 5.92 Å². The van der Waals surface area contributed by atoms with Gasteiger partial charge in [-0.1, -0.05) is 26.0 Å². The summed E-state index contributed by atoms with van der Waals surface area (Å²) in [6, 6.07) is 6.56. The van der Waals surface area contributed by atoms with Crippen LogP contribution in [-0.2, 0) is 4.79 Å². The summed E-state index contributed by atoms with van der Waals surface area (Å²) in [5.74, 6) is -2.36. The molecule has 0 saturated carbocycles. The number of carbonyl (C=O) groups is 2. The Morgan fingerprint density at radius 1 is 1.24 bits per heavy atom. The average molecular weight is 289 g/mol. The van der Waals surface area contributed by atoms with Gasteiger partial charge in [-0.3, -0.25) is 9.59 Å². The predicted molar refractivity (Wildman–Crippen MR) is 76.2 cm³/mol. The molecule has 0 bridgehead atoms. The number of carbonyl (C=O) groups excluding carboxylic acids is 1. The summed E-state index contributed by atoms with van der Waals surface area (Å²) in [5, 5.41) is 11.8. The lowest BCUT2D eigenvalue weighted by Gasteiger charge is -2.17. The molecule has 0 aliphatic carbocycles. The number of hydrogen-bond donors (Lipinski definition) is 2. The molecule has 1 aromatic carbocycles. The zero-order valence-electron chi connectivity index (χ0n) is 11.6. The topological polar surface area (TPSA) is 96.6 Å². The summed E-state index contributed by atoms with van der Waals surface area (Å²) < 4.78 is 5.36. The average Bonchev–Trinajstić information content (AvgIpc) is 2.43. The second-order valence-corrected chi connectivity index (χ2v) is 5.00. The summed E-state index contributed by atoms with van der Waals surface area (Å²) in [5.41, 5.74) is -0.0648. The Morgan fingerprint density at radius 2 is 1.90 bits per heavy atom. The number of para-hydroxylation sites is 1. The first kappa shape index (κ1) is 14.8. The van der Waals surface area contributed by atoms with E-state index < -0.39 is 17.9 Å². The second kappa shape index (κ2) is 5.78. The number of hydrogen-bond acceptors (Lipinski definition) is 4. The van der Waals surface area contributed by atoms with Gasteiger partial charge in [-0.05, 0) is 18.1 Å². The molecule has 1 atom stereocenters. The van der Waals surface area contributed by atoms with Crippen molar-refractivity contribution in [1.82, 2.24) is 5.32 Å². The maximum absolute atomic E-state index is 12.1. The molecule has 0 saturated heterocycles. The van der Waals surface area contributed by atoms with Crippen LogP contribution in [0.2, 0.25) is 0 Å².